The number of amides is 1. The number of carbonyl (C=O) groups excluding carboxylic acids is 1. The molecule has 1 aliphatic rings. The van der Waals surface area contributed by atoms with E-state index in [-0.39, 0.29) is 10.8 Å². The Morgan fingerprint density at radius 2 is 1.56 bits per heavy atom. The Morgan fingerprint density at radius 1 is 1.00 bits per heavy atom. The van der Waals surface area contributed by atoms with Gasteiger partial charge in [0.05, 0.1) is 4.90 Å². The van der Waals surface area contributed by atoms with Gasteiger partial charge in [-0.2, -0.15) is 4.31 Å². The fraction of sp³-hybridized carbons (Fsp3) is 0.316. The number of nitrogens with one attached hydrogen (secondary N) is 1. The summed E-state index contributed by atoms with van der Waals surface area (Å²) in [7, 11) is -3.68. The molecule has 1 amide bonds. The summed E-state index contributed by atoms with van der Waals surface area (Å²) in [6.07, 6.45) is 1.21. The minimum absolute atomic E-state index is 0.230. The van der Waals surface area contributed by atoms with Crippen LogP contribution in [0.15, 0.2) is 53.4 Å². The number of hydrogen-bond donors (Lipinski definition) is 1. The summed E-state index contributed by atoms with van der Waals surface area (Å²) in [5, 5.41) is 2.83. The maximum Gasteiger partial charge on any atom is 0.243 e. The summed E-state index contributed by atoms with van der Waals surface area (Å²) in [6.45, 7) is 4.24. The maximum atomic E-state index is 12.9. The number of nitrogens with zero attached hydrogens (tertiary/aromatic N) is 1. The van der Waals surface area contributed by atoms with Gasteiger partial charge in [0.1, 0.15) is 6.04 Å². The first-order chi connectivity index (χ1) is 11.9. The molecule has 0 aliphatic carbocycles. The van der Waals surface area contributed by atoms with Crippen LogP contribution in [0, 0.1) is 13.8 Å². The summed E-state index contributed by atoms with van der Waals surface area (Å²) in [6, 6.07) is 13.5. The van der Waals surface area contributed by atoms with Crippen molar-refractivity contribution in [3.05, 3.63) is 59.7 Å². The summed E-state index contributed by atoms with van der Waals surface area (Å²) >= 11 is 0. The Kier molecular flexibility index (Phi) is 4.92. The molecule has 1 N–H and O–H groups in total. The van der Waals surface area contributed by atoms with Crippen molar-refractivity contribution in [2.24, 2.45) is 0 Å². The van der Waals surface area contributed by atoms with Gasteiger partial charge in [-0.15, -0.1) is 0 Å². The first-order valence-electron chi connectivity index (χ1n) is 8.34. The van der Waals surface area contributed by atoms with Crippen LogP contribution in [-0.2, 0) is 14.8 Å². The highest BCUT2D eigenvalue weighted by atomic mass is 32.2. The molecular formula is C19H22N2O3S. The molecule has 1 fully saturated rings. The van der Waals surface area contributed by atoms with Crippen LogP contribution in [0.4, 0.5) is 5.69 Å². The molecule has 1 unspecified atom stereocenters. The molecule has 2 aromatic carbocycles. The van der Waals surface area contributed by atoms with Crippen LogP contribution in [0.2, 0.25) is 0 Å². The number of benzene rings is 2. The Morgan fingerprint density at radius 3 is 2.16 bits per heavy atom. The van der Waals surface area contributed by atoms with E-state index in [9.17, 15) is 13.2 Å². The average molecular weight is 358 g/mol. The molecule has 3 rings (SSSR count). The summed E-state index contributed by atoms with van der Waals surface area (Å²) < 4.78 is 27.1. The molecule has 0 saturated carbocycles. The predicted molar refractivity (Wildman–Crippen MR) is 97.9 cm³/mol. The Hall–Kier alpha value is -2.18. The minimum Gasteiger partial charge on any atom is -0.325 e. The fourth-order valence-electron chi connectivity index (χ4n) is 3.00. The van der Waals surface area contributed by atoms with Crippen LogP contribution in [0.1, 0.15) is 24.0 Å². The number of sulfonamides is 1. The highest BCUT2D eigenvalue weighted by Gasteiger charge is 2.39. The molecule has 6 heteroatoms. The Bertz CT molecular complexity index is 859. The second-order valence-corrected chi connectivity index (χ2v) is 8.33. The second-order valence-electron chi connectivity index (χ2n) is 6.44. The number of anilines is 1. The van der Waals surface area contributed by atoms with Crippen LogP contribution in [0.5, 0.6) is 0 Å². The average Bonchev–Trinajstić information content (AvgIpc) is 3.08. The highest BCUT2D eigenvalue weighted by Crippen LogP contribution is 2.27. The zero-order valence-electron chi connectivity index (χ0n) is 14.4. The molecule has 0 aromatic heterocycles. The van der Waals surface area contributed by atoms with E-state index in [1.54, 1.807) is 24.3 Å². The topological polar surface area (TPSA) is 66.5 Å². The first-order valence-corrected chi connectivity index (χ1v) is 9.78. The monoisotopic (exact) mass is 358 g/mol. The molecule has 0 spiro atoms. The van der Waals surface area contributed by atoms with Crippen molar-refractivity contribution in [2.75, 3.05) is 11.9 Å². The molecule has 0 radical (unpaired) electrons. The molecular weight excluding hydrogens is 336 g/mol. The van der Waals surface area contributed by atoms with Crippen molar-refractivity contribution >= 4 is 21.6 Å². The minimum atomic E-state index is -3.68. The summed E-state index contributed by atoms with van der Waals surface area (Å²) in [4.78, 5) is 12.9. The third kappa shape index (κ3) is 3.75. The van der Waals surface area contributed by atoms with Gasteiger partial charge in [0.2, 0.25) is 15.9 Å². The van der Waals surface area contributed by atoms with E-state index >= 15 is 0 Å². The van der Waals surface area contributed by atoms with E-state index in [0.717, 1.165) is 11.1 Å². The van der Waals surface area contributed by atoms with Crippen molar-refractivity contribution < 1.29 is 13.2 Å². The largest absolute Gasteiger partial charge is 0.325 e. The maximum absolute atomic E-state index is 12.9. The Balaban J connectivity index is 1.80. The third-order valence-electron chi connectivity index (χ3n) is 4.45. The van der Waals surface area contributed by atoms with Gasteiger partial charge in [0, 0.05) is 12.2 Å². The van der Waals surface area contributed by atoms with Crippen LogP contribution >= 0.6 is 0 Å². The molecule has 1 heterocycles. The van der Waals surface area contributed by atoms with Crippen molar-refractivity contribution in [2.45, 2.75) is 37.6 Å². The van der Waals surface area contributed by atoms with Crippen LogP contribution in [0.25, 0.3) is 0 Å². The standard InChI is InChI=1S/C19H22N2O3S/c1-14-5-9-16(10-6-14)20-19(22)18-4-3-13-21(18)25(23,24)17-11-7-15(2)8-12-17/h5-12,18H,3-4,13H2,1-2H3,(H,20,22). The van der Waals surface area contributed by atoms with E-state index in [2.05, 4.69) is 5.32 Å². The smallest absolute Gasteiger partial charge is 0.243 e. The van der Waals surface area contributed by atoms with Crippen LogP contribution in [0.3, 0.4) is 0 Å². The number of carbonyl (C=O) groups is 1. The van der Waals surface area contributed by atoms with E-state index in [4.69, 9.17) is 0 Å². The second kappa shape index (κ2) is 6.98. The van der Waals surface area contributed by atoms with Gasteiger partial charge in [0.25, 0.3) is 0 Å². The lowest BCUT2D eigenvalue weighted by atomic mass is 10.2. The molecule has 5 nitrogen and oxygen atoms in total. The molecule has 1 atom stereocenters. The van der Waals surface area contributed by atoms with Gasteiger partial charge >= 0.3 is 0 Å². The number of hydrogen-bond acceptors (Lipinski definition) is 3. The molecule has 25 heavy (non-hydrogen) atoms. The molecule has 132 valence electrons. The normalized spacial score (nSPS) is 18.2. The number of aryl methyl sites for hydroxylation is 2. The predicted octanol–water partition coefficient (Wildman–Crippen LogP) is 3.10. The zero-order valence-corrected chi connectivity index (χ0v) is 15.2. The van der Waals surface area contributed by atoms with Gasteiger partial charge in [-0.1, -0.05) is 35.4 Å². The quantitative estimate of drug-likeness (QED) is 0.913. The van der Waals surface area contributed by atoms with E-state index in [0.29, 0.717) is 25.1 Å². The van der Waals surface area contributed by atoms with Gasteiger partial charge in [-0.3, -0.25) is 4.79 Å². The van der Waals surface area contributed by atoms with E-state index in [1.165, 1.54) is 4.31 Å². The summed E-state index contributed by atoms with van der Waals surface area (Å²) in [5.41, 5.74) is 2.77. The lowest BCUT2D eigenvalue weighted by Crippen LogP contribution is -2.43. The van der Waals surface area contributed by atoms with Gasteiger partial charge in [-0.25, -0.2) is 8.42 Å². The number of rotatable bonds is 4. The molecule has 1 aliphatic heterocycles. The van der Waals surface area contributed by atoms with Gasteiger partial charge in [0.15, 0.2) is 0 Å². The van der Waals surface area contributed by atoms with E-state index < -0.39 is 16.1 Å². The lowest BCUT2D eigenvalue weighted by molar-refractivity contribution is -0.119. The first kappa shape index (κ1) is 17.6. The van der Waals surface area contributed by atoms with Crippen molar-refractivity contribution in [3.63, 3.8) is 0 Å². The fourth-order valence-corrected chi connectivity index (χ4v) is 4.65. The molecule has 0 bridgehead atoms. The summed E-state index contributed by atoms with van der Waals surface area (Å²) in [5.74, 6) is -0.281. The molecule has 1 saturated heterocycles. The SMILES string of the molecule is Cc1ccc(NC(=O)C2CCCN2S(=O)(=O)c2ccc(C)cc2)cc1. The molecule has 2 aromatic rings. The Labute approximate surface area is 148 Å². The lowest BCUT2D eigenvalue weighted by Gasteiger charge is -2.23. The third-order valence-corrected chi connectivity index (χ3v) is 6.38. The zero-order chi connectivity index (χ0) is 18.0. The van der Waals surface area contributed by atoms with Crippen molar-refractivity contribution in [3.8, 4) is 0 Å². The van der Waals surface area contributed by atoms with Crippen molar-refractivity contribution in [1.82, 2.24) is 4.31 Å². The van der Waals surface area contributed by atoms with Gasteiger partial charge in [-0.05, 0) is 51.0 Å². The van der Waals surface area contributed by atoms with Crippen molar-refractivity contribution in [1.29, 1.82) is 0 Å². The van der Waals surface area contributed by atoms with E-state index in [1.807, 2.05) is 38.1 Å². The van der Waals surface area contributed by atoms with Crippen LogP contribution in [-0.4, -0.2) is 31.2 Å². The van der Waals surface area contributed by atoms with Crippen LogP contribution < -0.4 is 5.32 Å². The van der Waals surface area contributed by atoms with Gasteiger partial charge < -0.3 is 5.32 Å². The highest BCUT2D eigenvalue weighted by molar-refractivity contribution is 7.89.